The van der Waals surface area contributed by atoms with E-state index >= 15 is 0 Å². The van der Waals surface area contributed by atoms with Crippen molar-refractivity contribution in [1.29, 1.82) is 0 Å². The summed E-state index contributed by atoms with van der Waals surface area (Å²) in [6.07, 6.45) is 7.10. The molecule has 1 N–H and O–H groups in total. The van der Waals surface area contributed by atoms with Crippen molar-refractivity contribution in [2.75, 3.05) is 32.7 Å². The SMILES string of the molecule is O=C(CC12CC3CC(C1)C(C3)C2)NCC(=O)N1CCN(Cc2cc(Br)ccc2Cl)CC1. The highest BCUT2D eigenvalue weighted by molar-refractivity contribution is 9.10. The van der Waals surface area contributed by atoms with E-state index in [2.05, 4.69) is 32.2 Å². The lowest BCUT2D eigenvalue weighted by molar-refractivity contribution is -0.135. The Balaban J connectivity index is 1.05. The highest BCUT2D eigenvalue weighted by atomic mass is 79.9. The molecule has 4 aliphatic carbocycles. The van der Waals surface area contributed by atoms with Gasteiger partial charge in [-0.2, -0.15) is 0 Å². The summed E-state index contributed by atoms with van der Waals surface area (Å²) in [5, 5.41) is 3.70. The van der Waals surface area contributed by atoms with Gasteiger partial charge in [0.1, 0.15) is 0 Å². The maximum absolute atomic E-state index is 12.6. The van der Waals surface area contributed by atoms with Crippen LogP contribution in [0.4, 0.5) is 0 Å². The summed E-state index contributed by atoms with van der Waals surface area (Å²) < 4.78 is 1.02. The Morgan fingerprint density at radius 3 is 2.48 bits per heavy atom. The normalized spacial score (nSPS) is 31.9. The molecule has 1 aromatic carbocycles. The molecule has 1 saturated heterocycles. The molecule has 7 heteroatoms. The van der Waals surface area contributed by atoms with Crippen LogP contribution in [-0.4, -0.2) is 54.3 Å². The Hall–Kier alpha value is -1.11. The van der Waals surface area contributed by atoms with E-state index in [0.717, 1.165) is 52.4 Å². The molecule has 5 fully saturated rings. The van der Waals surface area contributed by atoms with Crippen LogP contribution in [0.15, 0.2) is 22.7 Å². The molecule has 31 heavy (non-hydrogen) atoms. The number of hydrogen-bond acceptors (Lipinski definition) is 3. The third-order valence-corrected chi connectivity index (χ3v) is 9.01. The van der Waals surface area contributed by atoms with Gasteiger partial charge in [-0.3, -0.25) is 14.5 Å². The van der Waals surface area contributed by atoms with Crippen LogP contribution in [-0.2, 0) is 16.1 Å². The molecule has 2 atom stereocenters. The molecule has 1 heterocycles. The first-order valence-electron chi connectivity index (χ1n) is 11.6. The Kier molecular flexibility index (Phi) is 6.08. The van der Waals surface area contributed by atoms with Crippen molar-refractivity contribution in [1.82, 2.24) is 15.1 Å². The van der Waals surface area contributed by atoms with Gasteiger partial charge in [-0.1, -0.05) is 27.5 Å². The van der Waals surface area contributed by atoms with Gasteiger partial charge < -0.3 is 10.2 Å². The number of carbonyl (C=O) groups is 2. The Bertz CT molecular complexity index is 851. The number of amides is 2. The number of hydrogen-bond donors (Lipinski definition) is 1. The van der Waals surface area contributed by atoms with Gasteiger partial charge in [0.2, 0.25) is 11.8 Å². The zero-order valence-electron chi connectivity index (χ0n) is 17.9. The molecule has 0 spiro atoms. The lowest BCUT2D eigenvalue weighted by Crippen LogP contribution is -2.51. The molecule has 2 unspecified atom stereocenters. The van der Waals surface area contributed by atoms with Crippen LogP contribution in [0.5, 0.6) is 0 Å². The summed E-state index contributed by atoms with van der Waals surface area (Å²) in [6, 6.07) is 5.90. The van der Waals surface area contributed by atoms with Crippen LogP contribution in [0.25, 0.3) is 0 Å². The number of nitrogens with one attached hydrogen (secondary N) is 1. The zero-order chi connectivity index (χ0) is 21.6. The lowest BCUT2D eigenvalue weighted by Gasteiger charge is -2.38. The fourth-order valence-electron chi connectivity index (χ4n) is 6.95. The van der Waals surface area contributed by atoms with Crippen molar-refractivity contribution < 1.29 is 9.59 Å². The Labute approximate surface area is 198 Å². The van der Waals surface area contributed by atoms with Gasteiger partial charge in [-0.15, -0.1) is 0 Å². The second-order valence-corrected chi connectivity index (χ2v) is 11.6. The smallest absolute Gasteiger partial charge is 0.242 e. The number of rotatable bonds is 6. The largest absolute Gasteiger partial charge is 0.347 e. The highest BCUT2D eigenvalue weighted by Gasteiger charge is 2.56. The average Bonchev–Trinajstić information content (AvgIpc) is 3.15. The summed E-state index contributed by atoms with van der Waals surface area (Å²) in [5.41, 5.74) is 1.33. The van der Waals surface area contributed by atoms with Crippen molar-refractivity contribution in [3.63, 3.8) is 0 Å². The zero-order valence-corrected chi connectivity index (χ0v) is 20.3. The minimum atomic E-state index is 0.0294. The first kappa shape index (κ1) is 21.7. The highest BCUT2D eigenvalue weighted by Crippen LogP contribution is 2.65. The van der Waals surface area contributed by atoms with E-state index in [-0.39, 0.29) is 23.8 Å². The minimum Gasteiger partial charge on any atom is -0.347 e. The number of benzene rings is 1. The van der Waals surface area contributed by atoms with Crippen LogP contribution in [0.2, 0.25) is 5.02 Å². The summed E-state index contributed by atoms with van der Waals surface area (Å²) >= 11 is 9.82. The van der Waals surface area contributed by atoms with Crippen molar-refractivity contribution in [3.05, 3.63) is 33.3 Å². The van der Waals surface area contributed by atoms with Crippen LogP contribution < -0.4 is 5.32 Å². The van der Waals surface area contributed by atoms with E-state index in [1.165, 1.54) is 32.1 Å². The maximum Gasteiger partial charge on any atom is 0.242 e. The maximum atomic E-state index is 12.6. The predicted octanol–water partition coefficient (Wildman–Crippen LogP) is 4.08. The monoisotopic (exact) mass is 507 g/mol. The van der Waals surface area contributed by atoms with Gasteiger partial charge in [0, 0.05) is 48.6 Å². The van der Waals surface area contributed by atoms with E-state index in [1.54, 1.807) is 0 Å². The van der Waals surface area contributed by atoms with Crippen molar-refractivity contribution in [3.8, 4) is 0 Å². The summed E-state index contributed by atoms with van der Waals surface area (Å²) in [6.45, 7) is 3.92. The second-order valence-electron chi connectivity index (χ2n) is 10.3. The number of nitrogens with zero attached hydrogens (tertiary/aromatic N) is 2. The van der Waals surface area contributed by atoms with Crippen LogP contribution in [0, 0.1) is 23.2 Å². The van der Waals surface area contributed by atoms with Crippen LogP contribution >= 0.6 is 27.5 Å². The van der Waals surface area contributed by atoms with Gasteiger partial charge in [0.15, 0.2) is 0 Å². The molecule has 1 aromatic rings. The molecule has 6 rings (SSSR count). The Morgan fingerprint density at radius 2 is 1.81 bits per heavy atom. The second kappa shape index (κ2) is 8.68. The van der Waals surface area contributed by atoms with Crippen molar-refractivity contribution in [2.24, 2.45) is 23.2 Å². The lowest BCUT2D eigenvalue weighted by atomic mass is 9.67. The molecule has 0 aromatic heterocycles. The van der Waals surface area contributed by atoms with Gasteiger partial charge in [-0.25, -0.2) is 0 Å². The topological polar surface area (TPSA) is 52.7 Å². The minimum absolute atomic E-state index is 0.0294. The van der Waals surface area contributed by atoms with Gasteiger partial charge in [-0.05, 0) is 79.0 Å². The molecule has 4 bridgehead atoms. The van der Waals surface area contributed by atoms with Gasteiger partial charge in [0.05, 0.1) is 6.54 Å². The fraction of sp³-hybridized carbons (Fsp3) is 0.667. The van der Waals surface area contributed by atoms with Gasteiger partial charge in [0.25, 0.3) is 0 Å². The molecular weight excluding hydrogens is 478 g/mol. The van der Waals surface area contributed by atoms with E-state index < -0.39 is 0 Å². The molecule has 0 radical (unpaired) electrons. The first-order chi connectivity index (χ1) is 14.9. The summed E-state index contributed by atoms with van der Waals surface area (Å²) in [5.74, 6) is 2.70. The molecule has 5 aliphatic rings. The van der Waals surface area contributed by atoms with E-state index in [4.69, 9.17) is 11.6 Å². The van der Waals surface area contributed by atoms with Crippen LogP contribution in [0.3, 0.4) is 0 Å². The quantitative estimate of drug-likeness (QED) is 0.630. The summed E-state index contributed by atoms with van der Waals surface area (Å²) in [7, 11) is 0. The molecular formula is C24H31BrClN3O2. The van der Waals surface area contributed by atoms with E-state index in [1.807, 2.05) is 17.0 Å². The summed E-state index contributed by atoms with van der Waals surface area (Å²) in [4.78, 5) is 29.4. The standard InChI is InChI=1S/C24H31BrClN3O2/c25-20-1-2-21(26)19(9-20)15-28-3-5-29(6-4-28)23(31)14-27-22(30)13-24-10-16-7-17(11-24)18(8-16)12-24/h1-2,9,16-18H,3-8,10-15H2,(H,27,30). The predicted molar refractivity (Wildman–Crippen MR) is 125 cm³/mol. The van der Waals surface area contributed by atoms with Gasteiger partial charge >= 0.3 is 0 Å². The molecule has 4 saturated carbocycles. The number of piperazine rings is 1. The fourth-order valence-corrected chi connectivity index (χ4v) is 7.53. The molecule has 5 nitrogen and oxygen atoms in total. The number of carbonyl (C=O) groups excluding carboxylic acids is 2. The molecule has 168 valence electrons. The third-order valence-electron chi connectivity index (χ3n) is 8.15. The molecule has 2 amide bonds. The van der Waals surface area contributed by atoms with Crippen LogP contribution in [0.1, 0.15) is 44.1 Å². The Morgan fingerprint density at radius 1 is 1.10 bits per heavy atom. The number of halogens is 2. The third kappa shape index (κ3) is 4.67. The van der Waals surface area contributed by atoms with Crippen molar-refractivity contribution >= 4 is 39.3 Å². The average molecular weight is 509 g/mol. The molecule has 1 aliphatic heterocycles. The van der Waals surface area contributed by atoms with E-state index in [0.29, 0.717) is 19.5 Å². The van der Waals surface area contributed by atoms with Crippen molar-refractivity contribution in [2.45, 2.75) is 45.1 Å². The first-order valence-corrected chi connectivity index (χ1v) is 12.8. The van der Waals surface area contributed by atoms with E-state index in [9.17, 15) is 9.59 Å².